The second-order valence-corrected chi connectivity index (χ2v) is 11.1. The number of ether oxygens (including phenoxy) is 1. The smallest absolute Gasteiger partial charge is 0.303 e. The fourth-order valence-electron chi connectivity index (χ4n) is 8.37. The van der Waals surface area contributed by atoms with E-state index in [2.05, 4.69) is 27.7 Å². The summed E-state index contributed by atoms with van der Waals surface area (Å²) in [7, 11) is 0. The molecule has 4 aliphatic rings. The van der Waals surface area contributed by atoms with E-state index in [9.17, 15) is 9.59 Å². The topological polar surface area (TPSA) is 43.4 Å². The highest BCUT2D eigenvalue weighted by Crippen LogP contribution is 2.68. The Bertz CT molecular complexity index is 623. The van der Waals surface area contributed by atoms with Gasteiger partial charge in [0.05, 0.1) is 0 Å². The van der Waals surface area contributed by atoms with Crippen LogP contribution in [0.15, 0.2) is 0 Å². The van der Waals surface area contributed by atoms with E-state index in [4.69, 9.17) is 4.74 Å². The molecule has 0 unspecified atom stereocenters. The van der Waals surface area contributed by atoms with Crippen LogP contribution in [0, 0.1) is 39.9 Å². The Hall–Kier alpha value is -0.860. The van der Waals surface area contributed by atoms with Gasteiger partial charge in [-0.1, -0.05) is 34.1 Å². The summed E-state index contributed by atoms with van der Waals surface area (Å²) in [6.45, 7) is 10.7. The van der Waals surface area contributed by atoms with Crippen LogP contribution in [0.4, 0.5) is 0 Å². The molecular weight excluding hydrogens is 324 g/mol. The molecule has 7 atom stereocenters. The van der Waals surface area contributed by atoms with Crippen LogP contribution in [0.5, 0.6) is 0 Å². The zero-order chi connectivity index (χ0) is 18.9. The summed E-state index contributed by atoms with van der Waals surface area (Å²) in [6, 6.07) is 0. The monoisotopic (exact) mass is 360 g/mol. The first-order chi connectivity index (χ1) is 12.1. The summed E-state index contributed by atoms with van der Waals surface area (Å²) in [5, 5.41) is 0. The van der Waals surface area contributed by atoms with Crippen LogP contribution >= 0.6 is 0 Å². The quantitative estimate of drug-likeness (QED) is 0.606. The van der Waals surface area contributed by atoms with E-state index in [1.807, 2.05) is 0 Å². The van der Waals surface area contributed by atoms with Crippen LogP contribution in [0.25, 0.3) is 0 Å². The molecule has 3 heteroatoms. The van der Waals surface area contributed by atoms with Gasteiger partial charge in [-0.05, 0) is 73.0 Å². The van der Waals surface area contributed by atoms with Crippen LogP contribution in [-0.2, 0) is 14.3 Å². The molecule has 0 heterocycles. The number of Topliss-reactive ketones (excluding diaryl/α,β-unsaturated/α-hetero) is 1. The van der Waals surface area contributed by atoms with Gasteiger partial charge in [0.2, 0.25) is 0 Å². The Morgan fingerprint density at radius 3 is 2.42 bits per heavy atom. The fourth-order valence-corrected chi connectivity index (χ4v) is 8.37. The van der Waals surface area contributed by atoms with Gasteiger partial charge in [-0.2, -0.15) is 0 Å². The van der Waals surface area contributed by atoms with E-state index < -0.39 is 6.10 Å². The van der Waals surface area contributed by atoms with Crippen molar-refractivity contribution in [1.29, 1.82) is 0 Å². The van der Waals surface area contributed by atoms with Crippen LogP contribution in [0.3, 0.4) is 0 Å². The second-order valence-electron chi connectivity index (χ2n) is 11.1. The maximum absolute atomic E-state index is 13.1. The lowest BCUT2D eigenvalue weighted by Gasteiger charge is -2.63. The van der Waals surface area contributed by atoms with Crippen molar-refractivity contribution in [2.24, 2.45) is 39.9 Å². The van der Waals surface area contributed by atoms with Crippen molar-refractivity contribution in [1.82, 2.24) is 0 Å². The Kier molecular flexibility index (Phi) is 4.14. The molecule has 0 spiro atoms. The van der Waals surface area contributed by atoms with E-state index in [-0.39, 0.29) is 22.6 Å². The van der Waals surface area contributed by atoms with E-state index in [0.29, 0.717) is 23.7 Å². The largest absolute Gasteiger partial charge is 0.454 e. The Morgan fingerprint density at radius 2 is 1.73 bits per heavy atom. The third-order valence-electron chi connectivity index (χ3n) is 9.36. The lowest BCUT2D eigenvalue weighted by Crippen LogP contribution is -2.62. The van der Waals surface area contributed by atoms with Gasteiger partial charge in [0.1, 0.15) is 0 Å². The first-order valence-corrected chi connectivity index (χ1v) is 10.8. The predicted octanol–water partition coefficient (Wildman–Crippen LogP) is 5.17. The lowest BCUT2D eigenvalue weighted by molar-refractivity contribution is -0.195. The van der Waals surface area contributed by atoms with Crippen molar-refractivity contribution in [3.8, 4) is 0 Å². The summed E-state index contributed by atoms with van der Waals surface area (Å²) in [5.74, 6) is 2.62. The third kappa shape index (κ3) is 2.44. The van der Waals surface area contributed by atoms with Crippen LogP contribution < -0.4 is 0 Å². The SMILES string of the molecule is CC(=O)O[C@H]1C(=O)C[C@]2(C)[C@H]3CC[C@]4(C)CCC[C@H]4[C@@H]3CC[C@H]2C1(C)C. The molecule has 3 nitrogen and oxygen atoms in total. The third-order valence-corrected chi connectivity index (χ3v) is 9.36. The molecule has 0 N–H and O–H groups in total. The molecule has 0 amide bonds. The molecule has 0 aromatic rings. The van der Waals surface area contributed by atoms with Gasteiger partial charge in [-0.15, -0.1) is 0 Å². The van der Waals surface area contributed by atoms with Gasteiger partial charge in [0.15, 0.2) is 11.9 Å². The zero-order valence-electron chi connectivity index (χ0n) is 17.3. The molecule has 0 aromatic carbocycles. The van der Waals surface area contributed by atoms with Crippen molar-refractivity contribution in [2.75, 3.05) is 0 Å². The number of rotatable bonds is 1. The Labute approximate surface area is 158 Å². The fraction of sp³-hybridized carbons (Fsp3) is 0.913. The van der Waals surface area contributed by atoms with Crippen LogP contribution in [-0.4, -0.2) is 17.9 Å². The van der Waals surface area contributed by atoms with Crippen LogP contribution in [0.1, 0.15) is 86.0 Å². The average molecular weight is 361 g/mol. The van der Waals surface area contributed by atoms with Gasteiger partial charge >= 0.3 is 5.97 Å². The molecule has 0 bridgehead atoms. The molecule has 4 rings (SSSR count). The van der Waals surface area contributed by atoms with E-state index in [0.717, 1.165) is 11.8 Å². The molecule has 0 aromatic heterocycles. The number of carbonyl (C=O) groups is 2. The molecule has 0 aliphatic heterocycles. The summed E-state index contributed by atoms with van der Waals surface area (Å²) < 4.78 is 5.55. The Morgan fingerprint density at radius 1 is 1.00 bits per heavy atom. The lowest BCUT2D eigenvalue weighted by atomic mass is 9.41. The minimum Gasteiger partial charge on any atom is -0.454 e. The highest BCUT2D eigenvalue weighted by molar-refractivity contribution is 5.87. The van der Waals surface area contributed by atoms with E-state index in [1.54, 1.807) is 0 Å². The normalized spacial score (nSPS) is 49.7. The summed E-state index contributed by atoms with van der Waals surface area (Å²) in [5.41, 5.74) is 0.361. The summed E-state index contributed by atoms with van der Waals surface area (Å²) in [6.07, 6.45) is 9.33. The van der Waals surface area contributed by atoms with E-state index in [1.165, 1.54) is 51.9 Å². The maximum atomic E-state index is 13.1. The van der Waals surface area contributed by atoms with E-state index >= 15 is 0 Å². The highest BCUT2D eigenvalue weighted by Gasteiger charge is 2.64. The van der Waals surface area contributed by atoms with Crippen molar-refractivity contribution in [3.63, 3.8) is 0 Å². The minimum absolute atomic E-state index is 0.0735. The first kappa shape index (κ1) is 18.5. The average Bonchev–Trinajstić information content (AvgIpc) is 2.93. The van der Waals surface area contributed by atoms with Gasteiger partial charge in [0, 0.05) is 18.8 Å². The zero-order valence-corrected chi connectivity index (χ0v) is 17.3. The molecule has 4 fully saturated rings. The Balaban J connectivity index is 1.67. The first-order valence-electron chi connectivity index (χ1n) is 10.8. The van der Waals surface area contributed by atoms with Crippen molar-refractivity contribution >= 4 is 11.8 Å². The van der Waals surface area contributed by atoms with Crippen molar-refractivity contribution in [2.45, 2.75) is 92.1 Å². The second kappa shape index (κ2) is 5.82. The molecular formula is C23H36O3. The molecule has 4 aliphatic carbocycles. The molecule has 0 radical (unpaired) electrons. The van der Waals surface area contributed by atoms with Crippen molar-refractivity contribution < 1.29 is 14.3 Å². The van der Waals surface area contributed by atoms with Crippen molar-refractivity contribution in [3.05, 3.63) is 0 Å². The van der Waals surface area contributed by atoms with Gasteiger partial charge in [0.25, 0.3) is 0 Å². The molecule has 0 saturated heterocycles. The molecule has 26 heavy (non-hydrogen) atoms. The highest BCUT2D eigenvalue weighted by atomic mass is 16.5. The number of fused-ring (bicyclic) bond motifs is 5. The number of hydrogen-bond acceptors (Lipinski definition) is 3. The number of hydrogen-bond donors (Lipinski definition) is 0. The predicted molar refractivity (Wildman–Crippen MR) is 101 cm³/mol. The van der Waals surface area contributed by atoms with Gasteiger partial charge in [-0.25, -0.2) is 0 Å². The van der Waals surface area contributed by atoms with Gasteiger partial charge in [-0.3, -0.25) is 9.59 Å². The number of carbonyl (C=O) groups excluding carboxylic acids is 2. The molecule has 146 valence electrons. The minimum atomic E-state index is -0.560. The van der Waals surface area contributed by atoms with Gasteiger partial charge < -0.3 is 4.74 Å². The number of ketones is 1. The summed E-state index contributed by atoms with van der Waals surface area (Å²) in [4.78, 5) is 24.7. The standard InChI is InChI=1S/C23H36O3/c1-14(24)26-20-18(25)13-23(5)17-10-12-22(4)11-6-7-16(22)15(17)8-9-19(23)21(20,2)3/h15-17,19-20H,6-13H2,1-5H3/t15-,16-,17-,19-,20-,22-,23+/m0/s1. The number of esters is 1. The summed E-state index contributed by atoms with van der Waals surface area (Å²) >= 11 is 0. The van der Waals surface area contributed by atoms with Crippen LogP contribution in [0.2, 0.25) is 0 Å². The maximum Gasteiger partial charge on any atom is 0.303 e. The molecule has 4 saturated carbocycles.